The second-order valence-corrected chi connectivity index (χ2v) is 7.71. The van der Waals surface area contributed by atoms with E-state index in [1.54, 1.807) is 42.6 Å². The number of aryl methyl sites for hydroxylation is 1. The van der Waals surface area contributed by atoms with E-state index in [-0.39, 0.29) is 12.1 Å². The van der Waals surface area contributed by atoms with Crippen LogP contribution in [0.3, 0.4) is 0 Å². The molecule has 0 saturated heterocycles. The van der Waals surface area contributed by atoms with E-state index in [4.69, 9.17) is 0 Å². The molecule has 0 aliphatic rings. The van der Waals surface area contributed by atoms with E-state index >= 15 is 0 Å². The number of nitrogens with zero attached hydrogens (tertiary/aromatic N) is 2. The Morgan fingerprint density at radius 3 is 2.81 bits per heavy atom. The monoisotopic (exact) mass is 397 g/mol. The Morgan fingerprint density at radius 2 is 2.04 bits per heavy atom. The summed E-state index contributed by atoms with van der Waals surface area (Å²) in [7, 11) is 1.56. The Balaban J connectivity index is 1.62. The number of carbonyl (C=O) groups is 1. The van der Waals surface area contributed by atoms with Crippen molar-refractivity contribution in [2.45, 2.75) is 6.54 Å². The summed E-state index contributed by atoms with van der Waals surface area (Å²) in [6.07, 6.45) is 0. The summed E-state index contributed by atoms with van der Waals surface area (Å²) < 4.78 is 1.33. The van der Waals surface area contributed by atoms with Crippen LogP contribution in [0.4, 0.5) is 0 Å². The molecule has 4 rings (SSSR count). The minimum atomic E-state index is -0.604. The van der Waals surface area contributed by atoms with Crippen LogP contribution in [0.15, 0.2) is 52.0 Å². The first-order chi connectivity index (χ1) is 13.1. The molecule has 0 atom stereocenters. The fourth-order valence-electron chi connectivity index (χ4n) is 2.87. The number of thiazole rings is 1. The van der Waals surface area contributed by atoms with E-state index in [0.29, 0.717) is 10.9 Å². The van der Waals surface area contributed by atoms with Gasteiger partial charge in [-0.3, -0.25) is 9.59 Å². The fourth-order valence-corrected chi connectivity index (χ4v) is 4.50. The molecule has 2 N–H and O–H groups in total. The maximum absolute atomic E-state index is 12.7. The predicted molar refractivity (Wildman–Crippen MR) is 107 cm³/mol. The lowest BCUT2D eigenvalue weighted by atomic mass is 10.1. The van der Waals surface area contributed by atoms with Crippen LogP contribution in [-0.4, -0.2) is 20.6 Å². The molecule has 0 aliphatic heterocycles. The summed E-state index contributed by atoms with van der Waals surface area (Å²) in [6.45, 7) is 0.212. The normalized spacial score (nSPS) is 11.0. The van der Waals surface area contributed by atoms with Crippen LogP contribution in [0.2, 0.25) is 0 Å². The highest BCUT2D eigenvalue weighted by atomic mass is 32.1. The van der Waals surface area contributed by atoms with Crippen molar-refractivity contribution in [3.8, 4) is 15.6 Å². The predicted octanol–water partition coefficient (Wildman–Crippen LogP) is 3.36. The minimum Gasteiger partial charge on any atom is -0.502 e. The summed E-state index contributed by atoms with van der Waals surface area (Å²) >= 11 is 3.12. The molecule has 4 aromatic rings. The second kappa shape index (κ2) is 6.98. The van der Waals surface area contributed by atoms with Gasteiger partial charge in [-0.05, 0) is 17.5 Å². The Bertz CT molecular complexity index is 1190. The van der Waals surface area contributed by atoms with E-state index < -0.39 is 17.2 Å². The van der Waals surface area contributed by atoms with E-state index in [2.05, 4.69) is 10.3 Å². The van der Waals surface area contributed by atoms with Crippen LogP contribution in [0.1, 0.15) is 16.1 Å². The fraction of sp³-hybridized carbons (Fsp3) is 0.105. The standard InChI is InChI=1S/C19H15N3O3S2/c1-22-13-6-3-2-5-12(13)15(16(23)19(22)25)17(24)20-9-11-10-27-18(21-11)14-7-4-8-26-14/h2-8,10,23H,9H2,1H3,(H,20,24). The number of aromatic hydroxyl groups is 1. The van der Waals surface area contributed by atoms with Crippen molar-refractivity contribution in [3.63, 3.8) is 0 Å². The third-order valence-electron chi connectivity index (χ3n) is 4.22. The number of aromatic nitrogens is 2. The van der Waals surface area contributed by atoms with Crippen molar-refractivity contribution in [2.24, 2.45) is 7.05 Å². The molecule has 0 saturated carbocycles. The smallest absolute Gasteiger partial charge is 0.293 e. The zero-order chi connectivity index (χ0) is 19.0. The quantitative estimate of drug-likeness (QED) is 0.553. The van der Waals surface area contributed by atoms with Gasteiger partial charge in [-0.25, -0.2) is 4.98 Å². The molecule has 0 fully saturated rings. The maximum Gasteiger partial charge on any atom is 0.293 e. The number of amides is 1. The van der Waals surface area contributed by atoms with Crippen molar-refractivity contribution in [2.75, 3.05) is 0 Å². The summed E-state index contributed by atoms with van der Waals surface area (Å²) in [6, 6.07) is 10.9. The van der Waals surface area contributed by atoms with Gasteiger partial charge in [0.25, 0.3) is 11.5 Å². The SMILES string of the molecule is Cn1c(=O)c(O)c(C(=O)NCc2csc(-c3cccs3)n2)c2ccccc21. The zero-order valence-electron chi connectivity index (χ0n) is 14.3. The molecule has 136 valence electrons. The number of pyridine rings is 1. The minimum absolute atomic E-state index is 0.0117. The molecule has 6 nitrogen and oxygen atoms in total. The number of hydrogen-bond acceptors (Lipinski definition) is 6. The van der Waals surface area contributed by atoms with Crippen LogP contribution < -0.4 is 10.9 Å². The van der Waals surface area contributed by atoms with E-state index in [1.165, 1.54) is 15.9 Å². The highest BCUT2D eigenvalue weighted by Gasteiger charge is 2.20. The third kappa shape index (κ3) is 3.13. The summed E-state index contributed by atoms with van der Waals surface area (Å²) in [5.74, 6) is -1.06. The molecule has 1 amide bonds. The van der Waals surface area contributed by atoms with Crippen molar-refractivity contribution in [1.29, 1.82) is 0 Å². The van der Waals surface area contributed by atoms with Gasteiger partial charge >= 0.3 is 0 Å². The highest BCUT2D eigenvalue weighted by Crippen LogP contribution is 2.28. The molecule has 0 unspecified atom stereocenters. The molecule has 0 spiro atoms. The first-order valence-electron chi connectivity index (χ1n) is 8.13. The Morgan fingerprint density at radius 1 is 1.22 bits per heavy atom. The van der Waals surface area contributed by atoms with Gasteiger partial charge in [0.05, 0.1) is 28.2 Å². The third-order valence-corrected chi connectivity index (χ3v) is 6.15. The molecule has 3 heterocycles. The summed E-state index contributed by atoms with van der Waals surface area (Å²) in [5, 5.41) is 18.3. The van der Waals surface area contributed by atoms with E-state index in [9.17, 15) is 14.7 Å². The van der Waals surface area contributed by atoms with Crippen LogP contribution >= 0.6 is 22.7 Å². The van der Waals surface area contributed by atoms with Crippen molar-refractivity contribution < 1.29 is 9.90 Å². The Hall–Kier alpha value is -2.97. The lowest BCUT2D eigenvalue weighted by molar-refractivity contribution is 0.0949. The number of para-hydroxylation sites is 1. The van der Waals surface area contributed by atoms with Gasteiger partial charge in [-0.15, -0.1) is 22.7 Å². The molecule has 3 aromatic heterocycles. The number of hydrogen-bond donors (Lipinski definition) is 2. The van der Waals surface area contributed by atoms with Crippen LogP contribution in [0.5, 0.6) is 5.75 Å². The van der Waals surface area contributed by atoms with Crippen LogP contribution in [0.25, 0.3) is 20.8 Å². The van der Waals surface area contributed by atoms with Crippen LogP contribution in [0, 0.1) is 0 Å². The van der Waals surface area contributed by atoms with Gasteiger partial charge in [0.1, 0.15) is 5.01 Å². The van der Waals surface area contributed by atoms with Gasteiger partial charge in [-0.1, -0.05) is 24.3 Å². The number of fused-ring (bicyclic) bond motifs is 1. The number of nitrogens with one attached hydrogen (secondary N) is 1. The van der Waals surface area contributed by atoms with Gasteiger partial charge < -0.3 is 15.0 Å². The average molecular weight is 397 g/mol. The maximum atomic E-state index is 12.7. The first kappa shape index (κ1) is 17.4. The van der Waals surface area contributed by atoms with Gasteiger partial charge in [0, 0.05) is 17.8 Å². The largest absolute Gasteiger partial charge is 0.502 e. The Kier molecular flexibility index (Phi) is 4.51. The highest BCUT2D eigenvalue weighted by molar-refractivity contribution is 7.20. The zero-order valence-corrected chi connectivity index (χ0v) is 15.9. The number of carbonyl (C=O) groups excluding carboxylic acids is 1. The average Bonchev–Trinajstić information content (AvgIpc) is 3.36. The molecule has 0 radical (unpaired) electrons. The summed E-state index contributed by atoms with van der Waals surface area (Å²) in [5.41, 5.74) is 0.693. The summed E-state index contributed by atoms with van der Waals surface area (Å²) in [4.78, 5) is 30.5. The first-order valence-corrected chi connectivity index (χ1v) is 9.89. The molecule has 1 aromatic carbocycles. The topological polar surface area (TPSA) is 84.2 Å². The van der Waals surface area contributed by atoms with Gasteiger partial charge in [0.15, 0.2) is 5.75 Å². The van der Waals surface area contributed by atoms with Gasteiger partial charge in [-0.2, -0.15) is 0 Å². The lowest BCUT2D eigenvalue weighted by Crippen LogP contribution is -2.27. The molecular formula is C19H15N3O3S2. The second-order valence-electron chi connectivity index (χ2n) is 5.91. The Labute approximate surface area is 162 Å². The van der Waals surface area contributed by atoms with Crippen molar-refractivity contribution in [1.82, 2.24) is 14.9 Å². The van der Waals surface area contributed by atoms with Crippen molar-refractivity contribution in [3.05, 3.63) is 68.8 Å². The number of thiophene rings is 1. The lowest BCUT2D eigenvalue weighted by Gasteiger charge is -2.12. The molecule has 27 heavy (non-hydrogen) atoms. The molecule has 0 aliphatic carbocycles. The van der Waals surface area contributed by atoms with E-state index in [0.717, 1.165) is 15.6 Å². The molecule has 8 heteroatoms. The number of benzene rings is 1. The molecular weight excluding hydrogens is 382 g/mol. The van der Waals surface area contributed by atoms with Gasteiger partial charge in [0.2, 0.25) is 0 Å². The number of rotatable bonds is 4. The van der Waals surface area contributed by atoms with Crippen molar-refractivity contribution >= 4 is 39.5 Å². The molecule has 0 bridgehead atoms. The van der Waals surface area contributed by atoms with Crippen LogP contribution in [-0.2, 0) is 13.6 Å². The van der Waals surface area contributed by atoms with E-state index in [1.807, 2.05) is 22.9 Å².